The van der Waals surface area contributed by atoms with Gasteiger partial charge >= 0.3 is 5.97 Å². The van der Waals surface area contributed by atoms with Crippen LogP contribution in [0.1, 0.15) is 46.0 Å². The van der Waals surface area contributed by atoms with Gasteiger partial charge in [0.15, 0.2) is 0 Å². The van der Waals surface area contributed by atoms with E-state index in [1.807, 2.05) is 0 Å². The molecule has 64 valence electrons. The predicted molar refractivity (Wildman–Crippen MR) is 43.3 cm³/mol. The third-order valence-corrected chi connectivity index (χ3v) is 2.47. The Hall–Kier alpha value is -0.530. The molecule has 0 amide bonds. The van der Waals surface area contributed by atoms with Crippen LogP contribution in [-0.4, -0.2) is 11.6 Å². The largest absolute Gasteiger partial charge is 0.459 e. The highest BCUT2D eigenvalue weighted by molar-refractivity contribution is 5.72. The van der Waals surface area contributed by atoms with Gasteiger partial charge in [-0.3, -0.25) is 4.79 Å². The molecule has 0 aliphatic carbocycles. The molecule has 2 nitrogen and oxygen atoms in total. The number of carbonyl (C=O) groups is 1. The van der Waals surface area contributed by atoms with Crippen LogP contribution in [0.25, 0.3) is 0 Å². The Balaban J connectivity index is 2.54. The van der Waals surface area contributed by atoms with Gasteiger partial charge in [-0.05, 0) is 19.3 Å². The third kappa shape index (κ3) is 1.73. The molecule has 0 aromatic heterocycles. The van der Waals surface area contributed by atoms with E-state index >= 15 is 0 Å². The third-order valence-electron chi connectivity index (χ3n) is 2.47. The van der Waals surface area contributed by atoms with E-state index in [-0.39, 0.29) is 11.6 Å². The number of carbonyl (C=O) groups excluding carboxylic acids is 1. The van der Waals surface area contributed by atoms with E-state index in [0.717, 1.165) is 25.7 Å². The molecule has 0 spiro atoms. The molecule has 0 saturated carbocycles. The van der Waals surface area contributed by atoms with E-state index in [9.17, 15) is 4.79 Å². The molecule has 2 heteroatoms. The molecule has 1 aliphatic heterocycles. The fourth-order valence-electron chi connectivity index (χ4n) is 1.73. The summed E-state index contributed by atoms with van der Waals surface area (Å²) in [6.07, 6.45) is 4.63. The van der Waals surface area contributed by atoms with E-state index < -0.39 is 0 Å². The van der Waals surface area contributed by atoms with Crippen molar-refractivity contribution in [1.82, 2.24) is 0 Å². The van der Waals surface area contributed by atoms with Crippen LogP contribution in [0, 0.1) is 0 Å². The molecule has 0 aromatic carbocycles. The monoisotopic (exact) mass is 156 g/mol. The molecule has 1 saturated heterocycles. The van der Waals surface area contributed by atoms with Crippen LogP contribution in [0.4, 0.5) is 0 Å². The number of esters is 1. The lowest BCUT2D eigenvalue weighted by atomic mass is 9.92. The first-order valence-corrected chi connectivity index (χ1v) is 4.44. The zero-order valence-electron chi connectivity index (χ0n) is 7.35. The Morgan fingerprint density at radius 1 is 1.55 bits per heavy atom. The van der Waals surface area contributed by atoms with Gasteiger partial charge in [0, 0.05) is 6.42 Å². The molecular weight excluding hydrogens is 140 g/mol. The molecule has 1 aliphatic rings. The highest BCUT2D eigenvalue weighted by Crippen LogP contribution is 2.33. The van der Waals surface area contributed by atoms with Gasteiger partial charge in [0.25, 0.3) is 0 Å². The van der Waals surface area contributed by atoms with Crippen LogP contribution in [0.5, 0.6) is 0 Å². The Morgan fingerprint density at radius 2 is 2.27 bits per heavy atom. The fraction of sp³-hybridized carbons (Fsp3) is 0.889. The van der Waals surface area contributed by atoms with Gasteiger partial charge < -0.3 is 4.74 Å². The average Bonchev–Trinajstić information content (AvgIpc) is 2.34. The number of rotatable bonds is 3. The summed E-state index contributed by atoms with van der Waals surface area (Å²) in [5.41, 5.74) is -0.0914. The smallest absolute Gasteiger partial charge is 0.306 e. The predicted octanol–water partition coefficient (Wildman–Crippen LogP) is 2.27. The first-order valence-electron chi connectivity index (χ1n) is 4.44. The van der Waals surface area contributed by atoms with Gasteiger partial charge in [-0.25, -0.2) is 0 Å². The second kappa shape index (κ2) is 3.24. The van der Waals surface area contributed by atoms with E-state index in [4.69, 9.17) is 4.74 Å². The average molecular weight is 156 g/mol. The summed E-state index contributed by atoms with van der Waals surface area (Å²) in [4.78, 5) is 10.9. The van der Waals surface area contributed by atoms with Gasteiger partial charge in [0.05, 0.1) is 0 Å². The number of ether oxygens (including phenoxy) is 1. The summed E-state index contributed by atoms with van der Waals surface area (Å²) >= 11 is 0. The highest BCUT2D eigenvalue weighted by Gasteiger charge is 2.37. The molecule has 11 heavy (non-hydrogen) atoms. The van der Waals surface area contributed by atoms with E-state index in [1.165, 1.54) is 0 Å². The SMILES string of the molecule is CCCC1(CC)CCC(=O)O1. The Labute approximate surface area is 67.9 Å². The molecule has 0 radical (unpaired) electrons. The Bertz CT molecular complexity index is 154. The lowest BCUT2D eigenvalue weighted by Gasteiger charge is -2.25. The summed E-state index contributed by atoms with van der Waals surface area (Å²) in [5, 5.41) is 0. The van der Waals surface area contributed by atoms with Crippen LogP contribution in [0.3, 0.4) is 0 Å². The van der Waals surface area contributed by atoms with Crippen LogP contribution in [0.2, 0.25) is 0 Å². The minimum absolute atomic E-state index is 0.0136. The lowest BCUT2D eigenvalue weighted by Crippen LogP contribution is -2.26. The molecule has 0 N–H and O–H groups in total. The standard InChI is InChI=1S/C9H16O2/c1-3-6-9(4-2)7-5-8(10)11-9/h3-7H2,1-2H3. The maximum Gasteiger partial charge on any atom is 0.306 e. The van der Waals surface area contributed by atoms with Crippen molar-refractivity contribution in [2.75, 3.05) is 0 Å². The topological polar surface area (TPSA) is 26.3 Å². The van der Waals surface area contributed by atoms with Crippen molar-refractivity contribution < 1.29 is 9.53 Å². The summed E-state index contributed by atoms with van der Waals surface area (Å²) in [6.45, 7) is 4.22. The van der Waals surface area contributed by atoms with Crippen LogP contribution < -0.4 is 0 Å². The summed E-state index contributed by atoms with van der Waals surface area (Å²) in [7, 11) is 0. The number of hydrogen-bond acceptors (Lipinski definition) is 2. The second-order valence-corrected chi connectivity index (χ2v) is 3.26. The lowest BCUT2D eigenvalue weighted by molar-refractivity contribution is -0.149. The summed E-state index contributed by atoms with van der Waals surface area (Å²) in [5.74, 6) is -0.0136. The Morgan fingerprint density at radius 3 is 2.64 bits per heavy atom. The number of cyclic esters (lactones) is 1. The first-order chi connectivity index (χ1) is 5.22. The van der Waals surface area contributed by atoms with E-state index in [1.54, 1.807) is 0 Å². The first kappa shape index (κ1) is 8.57. The van der Waals surface area contributed by atoms with Crippen molar-refractivity contribution in [3.63, 3.8) is 0 Å². The minimum atomic E-state index is -0.0914. The normalized spacial score (nSPS) is 30.5. The molecule has 1 heterocycles. The van der Waals surface area contributed by atoms with Gasteiger partial charge in [0.1, 0.15) is 5.60 Å². The summed E-state index contributed by atoms with van der Waals surface area (Å²) < 4.78 is 5.30. The zero-order chi connectivity index (χ0) is 8.32. The van der Waals surface area contributed by atoms with Crippen molar-refractivity contribution in [2.24, 2.45) is 0 Å². The van der Waals surface area contributed by atoms with Crippen LogP contribution in [0.15, 0.2) is 0 Å². The summed E-state index contributed by atoms with van der Waals surface area (Å²) in [6, 6.07) is 0. The van der Waals surface area contributed by atoms with Crippen molar-refractivity contribution in [2.45, 2.75) is 51.6 Å². The van der Waals surface area contributed by atoms with Crippen LogP contribution in [-0.2, 0) is 9.53 Å². The van der Waals surface area contributed by atoms with Gasteiger partial charge in [0.2, 0.25) is 0 Å². The van der Waals surface area contributed by atoms with Crippen molar-refractivity contribution in [3.8, 4) is 0 Å². The quantitative estimate of drug-likeness (QED) is 0.586. The van der Waals surface area contributed by atoms with Crippen LogP contribution >= 0.6 is 0 Å². The van der Waals surface area contributed by atoms with Gasteiger partial charge in [-0.2, -0.15) is 0 Å². The highest BCUT2D eigenvalue weighted by atomic mass is 16.6. The Kier molecular flexibility index (Phi) is 2.53. The molecule has 1 atom stereocenters. The molecule has 1 rings (SSSR count). The van der Waals surface area contributed by atoms with Crippen molar-refractivity contribution in [3.05, 3.63) is 0 Å². The number of hydrogen-bond donors (Lipinski definition) is 0. The fourth-order valence-corrected chi connectivity index (χ4v) is 1.73. The van der Waals surface area contributed by atoms with E-state index in [0.29, 0.717) is 6.42 Å². The maximum absolute atomic E-state index is 10.9. The molecule has 0 aromatic rings. The van der Waals surface area contributed by atoms with Gasteiger partial charge in [-0.15, -0.1) is 0 Å². The molecule has 1 fully saturated rings. The molecule has 1 unspecified atom stereocenters. The maximum atomic E-state index is 10.9. The van der Waals surface area contributed by atoms with Crippen molar-refractivity contribution in [1.29, 1.82) is 0 Å². The minimum Gasteiger partial charge on any atom is -0.459 e. The molecular formula is C9H16O2. The van der Waals surface area contributed by atoms with Crippen molar-refractivity contribution >= 4 is 5.97 Å². The van der Waals surface area contributed by atoms with Gasteiger partial charge in [-0.1, -0.05) is 20.3 Å². The zero-order valence-corrected chi connectivity index (χ0v) is 7.35. The molecule has 0 bridgehead atoms. The second-order valence-electron chi connectivity index (χ2n) is 3.26. The van der Waals surface area contributed by atoms with E-state index in [2.05, 4.69) is 13.8 Å².